The van der Waals surface area contributed by atoms with Crippen LogP contribution < -0.4 is 15.7 Å². The highest BCUT2D eigenvalue weighted by molar-refractivity contribution is 14.1. The minimum absolute atomic E-state index is 0.0124. The smallest absolute Gasteiger partial charge is 0.349 e. The van der Waals surface area contributed by atoms with Gasteiger partial charge in [-0.25, -0.2) is 4.79 Å². The molecule has 4 N–H and O–H groups in total. The van der Waals surface area contributed by atoms with Crippen LogP contribution in [0.25, 0.3) is 21.9 Å². The number of carbonyl (C=O) groups is 2. The molecule has 0 saturated heterocycles. The summed E-state index contributed by atoms with van der Waals surface area (Å²) in [5.74, 6) is -0.578. The van der Waals surface area contributed by atoms with E-state index in [9.17, 15) is 24.6 Å². The number of aromatic amines is 1. The summed E-state index contributed by atoms with van der Waals surface area (Å²) in [6.45, 7) is -0.104. The van der Waals surface area contributed by atoms with Gasteiger partial charge in [0.2, 0.25) is 5.91 Å². The first-order chi connectivity index (χ1) is 22.3. The highest BCUT2D eigenvalue weighted by Gasteiger charge is 2.41. The number of ether oxygens (including phenoxy) is 1. The molecule has 0 radical (unpaired) electrons. The summed E-state index contributed by atoms with van der Waals surface area (Å²) in [4.78, 5) is 45.6. The first-order valence-electron chi connectivity index (χ1n) is 14.9. The molecule has 0 saturated carbocycles. The summed E-state index contributed by atoms with van der Waals surface area (Å²) in [7, 11) is 0. The first kappa shape index (κ1) is 31.5. The van der Waals surface area contributed by atoms with Crippen molar-refractivity contribution in [3.05, 3.63) is 122 Å². The summed E-state index contributed by atoms with van der Waals surface area (Å²) >= 11 is 2.13. The quantitative estimate of drug-likeness (QED) is 0.125. The Balaban J connectivity index is 1.39. The molecule has 11 heteroatoms. The van der Waals surface area contributed by atoms with Gasteiger partial charge in [-0.2, -0.15) is 0 Å². The zero-order valence-corrected chi connectivity index (χ0v) is 26.8. The number of para-hydroxylation sites is 3. The van der Waals surface area contributed by atoms with Gasteiger partial charge >= 0.3 is 5.63 Å². The third-order valence-corrected chi connectivity index (χ3v) is 8.95. The molecule has 2 amide bonds. The van der Waals surface area contributed by atoms with Crippen molar-refractivity contribution in [1.29, 1.82) is 0 Å². The molecule has 2 heterocycles. The number of hydrogen-bond donors (Lipinski definition) is 4. The number of aliphatic hydroxyl groups excluding tert-OH is 2. The molecule has 0 aliphatic heterocycles. The molecular formula is C35H32IN3O7. The van der Waals surface area contributed by atoms with Gasteiger partial charge in [-0.05, 0) is 70.5 Å². The molecule has 5 aromatic rings. The summed E-state index contributed by atoms with van der Waals surface area (Å²) < 4.78 is 12.5. The van der Waals surface area contributed by atoms with Gasteiger partial charge in [0.15, 0.2) is 0 Å². The van der Waals surface area contributed by atoms with E-state index in [-0.39, 0.29) is 37.3 Å². The lowest BCUT2D eigenvalue weighted by molar-refractivity contribution is -0.118. The van der Waals surface area contributed by atoms with E-state index in [2.05, 4.69) is 32.9 Å². The second-order valence-electron chi connectivity index (χ2n) is 11.1. The number of hydrogen-bond acceptors (Lipinski definition) is 7. The van der Waals surface area contributed by atoms with E-state index >= 15 is 0 Å². The van der Waals surface area contributed by atoms with Crippen LogP contribution in [0.4, 0.5) is 0 Å². The monoisotopic (exact) mass is 733 g/mol. The molecule has 0 fully saturated rings. The van der Waals surface area contributed by atoms with Crippen LogP contribution in [0, 0.1) is 3.57 Å². The van der Waals surface area contributed by atoms with Gasteiger partial charge in [-0.15, -0.1) is 0 Å². The number of fused-ring (bicyclic) bond motifs is 2. The maximum absolute atomic E-state index is 14.4. The number of amides is 2. The molecule has 1 aliphatic rings. The zero-order valence-electron chi connectivity index (χ0n) is 24.7. The van der Waals surface area contributed by atoms with E-state index in [0.717, 1.165) is 20.2 Å². The maximum atomic E-state index is 14.4. The molecule has 3 atom stereocenters. The number of aromatic nitrogens is 1. The largest absolute Gasteiger partial charge is 0.482 e. The third kappa shape index (κ3) is 6.71. The van der Waals surface area contributed by atoms with Gasteiger partial charge in [0, 0.05) is 48.1 Å². The zero-order chi connectivity index (χ0) is 32.2. The first-order valence-corrected chi connectivity index (χ1v) is 16.0. The fourth-order valence-electron chi connectivity index (χ4n) is 5.76. The van der Waals surface area contributed by atoms with Crippen molar-refractivity contribution in [2.45, 2.75) is 31.1 Å². The minimum atomic E-state index is -1.26. The lowest BCUT2D eigenvalue weighted by Gasteiger charge is -2.40. The fraction of sp³-hybridized carbons (Fsp3) is 0.229. The molecule has 0 spiro atoms. The molecule has 2 aromatic heterocycles. The van der Waals surface area contributed by atoms with Gasteiger partial charge in [0.05, 0.1) is 16.2 Å². The number of nitrogens with zero attached hydrogens (tertiary/aromatic N) is 1. The van der Waals surface area contributed by atoms with Gasteiger partial charge in [0.1, 0.15) is 29.1 Å². The van der Waals surface area contributed by atoms with Crippen LogP contribution in [0.1, 0.15) is 22.5 Å². The molecule has 10 nitrogen and oxygen atoms in total. The Bertz CT molecular complexity index is 1950. The molecule has 0 bridgehead atoms. The Morgan fingerprint density at radius 1 is 1.02 bits per heavy atom. The molecular weight excluding hydrogens is 701 g/mol. The van der Waals surface area contributed by atoms with Gasteiger partial charge in [-0.3, -0.25) is 9.59 Å². The number of aliphatic hydroxyl groups is 2. The molecule has 236 valence electrons. The Morgan fingerprint density at radius 3 is 2.54 bits per heavy atom. The van der Waals surface area contributed by atoms with E-state index in [1.165, 1.54) is 11.0 Å². The van der Waals surface area contributed by atoms with Crippen LogP contribution in [0.2, 0.25) is 0 Å². The Morgan fingerprint density at radius 2 is 1.76 bits per heavy atom. The van der Waals surface area contributed by atoms with Crippen LogP contribution >= 0.6 is 22.6 Å². The number of rotatable bonds is 10. The predicted octanol–water partition coefficient (Wildman–Crippen LogP) is 4.18. The van der Waals surface area contributed by atoms with Crippen LogP contribution in [-0.2, 0) is 11.2 Å². The van der Waals surface area contributed by atoms with E-state index in [0.29, 0.717) is 23.1 Å². The molecule has 3 aromatic carbocycles. The van der Waals surface area contributed by atoms with E-state index in [1.807, 2.05) is 42.5 Å². The number of H-pyrrole nitrogens is 1. The average molecular weight is 734 g/mol. The lowest BCUT2D eigenvalue weighted by atomic mass is 9.87. The standard InChI is InChI=1S/C35H32IN3O7/c36-26-9-3-6-12-30(26)45-31-20-23(33(42)37-14-16-40)19-28(32(31)41)39(15-13-24-17-21-7-1-4-10-27(21)38-24)34(43)25-18-22-8-2-5-11-29(22)46-35(25)44/h1-12,17-18,20,28,31-32,38,40-41H,13-16,19H2,(H,37,42)/t28-,31+,32+/m1/s1. The lowest BCUT2D eigenvalue weighted by Crippen LogP contribution is -2.56. The van der Waals surface area contributed by atoms with Crippen molar-refractivity contribution < 1.29 is 29.0 Å². The van der Waals surface area contributed by atoms with E-state index < -0.39 is 35.7 Å². The van der Waals surface area contributed by atoms with Crippen LogP contribution in [0.15, 0.2) is 106 Å². The van der Waals surface area contributed by atoms with E-state index in [1.54, 1.807) is 42.5 Å². The Labute approximate surface area is 277 Å². The third-order valence-electron chi connectivity index (χ3n) is 8.05. The minimum Gasteiger partial charge on any atom is -0.482 e. The molecule has 1 aliphatic carbocycles. The highest BCUT2D eigenvalue weighted by Crippen LogP contribution is 2.31. The summed E-state index contributed by atoms with van der Waals surface area (Å²) in [6.07, 6.45) is -0.339. The van der Waals surface area contributed by atoms with Gasteiger partial charge in [0.25, 0.3) is 5.91 Å². The topological polar surface area (TPSA) is 145 Å². The van der Waals surface area contributed by atoms with Gasteiger partial charge in [-0.1, -0.05) is 48.5 Å². The van der Waals surface area contributed by atoms with Crippen molar-refractivity contribution in [3.63, 3.8) is 0 Å². The Kier molecular flexibility index (Phi) is 9.52. The average Bonchev–Trinajstić information content (AvgIpc) is 3.48. The van der Waals surface area contributed by atoms with Crippen molar-refractivity contribution in [2.75, 3.05) is 19.7 Å². The second kappa shape index (κ2) is 13.9. The molecule has 46 heavy (non-hydrogen) atoms. The number of benzene rings is 3. The maximum Gasteiger partial charge on any atom is 0.349 e. The van der Waals surface area contributed by atoms with Crippen LogP contribution in [0.5, 0.6) is 5.75 Å². The summed E-state index contributed by atoms with van der Waals surface area (Å²) in [6, 6.07) is 24.6. The van der Waals surface area contributed by atoms with Gasteiger partial charge < -0.3 is 34.6 Å². The Hall–Kier alpha value is -4.46. The van der Waals surface area contributed by atoms with Crippen molar-refractivity contribution in [3.8, 4) is 5.75 Å². The van der Waals surface area contributed by atoms with Crippen LogP contribution in [0.3, 0.4) is 0 Å². The normalized spacial score (nSPS) is 17.9. The number of carbonyl (C=O) groups excluding carboxylic acids is 2. The van der Waals surface area contributed by atoms with Crippen molar-refractivity contribution >= 4 is 56.3 Å². The van der Waals surface area contributed by atoms with Crippen LogP contribution in [-0.4, -0.2) is 69.9 Å². The summed E-state index contributed by atoms with van der Waals surface area (Å²) in [5.41, 5.74) is 1.46. The number of nitrogens with one attached hydrogen (secondary N) is 2. The van der Waals surface area contributed by atoms with E-state index in [4.69, 9.17) is 9.15 Å². The van der Waals surface area contributed by atoms with Crippen molar-refractivity contribution in [1.82, 2.24) is 15.2 Å². The molecule has 0 unspecified atom stereocenters. The second-order valence-corrected chi connectivity index (χ2v) is 12.2. The predicted molar refractivity (Wildman–Crippen MR) is 182 cm³/mol. The fourth-order valence-corrected chi connectivity index (χ4v) is 6.27. The SMILES string of the molecule is O=C(NCCO)C1=C[C@H](Oc2ccccc2I)[C@@H](O)[C@H](N(CCc2cc3ccccc3[nH]2)C(=O)c2cc3ccccc3oc2=O)C1. The summed E-state index contributed by atoms with van der Waals surface area (Å²) in [5, 5.41) is 25.4. The van der Waals surface area contributed by atoms with Crippen molar-refractivity contribution in [2.24, 2.45) is 0 Å². The highest BCUT2D eigenvalue weighted by atomic mass is 127. The number of halogens is 1. The molecule has 6 rings (SSSR count).